The number of nitrogens with zero attached hydrogens (tertiary/aromatic N) is 3. The maximum absolute atomic E-state index is 13.4. The van der Waals surface area contributed by atoms with Crippen LogP contribution in [0.1, 0.15) is 16.1 Å². The van der Waals surface area contributed by atoms with Crippen LogP contribution in [-0.2, 0) is 0 Å². The number of rotatable bonds is 4. The van der Waals surface area contributed by atoms with E-state index in [1.54, 1.807) is 28.8 Å². The third-order valence-electron chi connectivity index (χ3n) is 5.56. The van der Waals surface area contributed by atoms with Gasteiger partial charge in [0.2, 0.25) is 5.78 Å². The van der Waals surface area contributed by atoms with Crippen molar-refractivity contribution in [2.75, 3.05) is 0 Å². The van der Waals surface area contributed by atoms with E-state index in [4.69, 9.17) is 21.0 Å². The van der Waals surface area contributed by atoms with Gasteiger partial charge < -0.3 is 4.42 Å². The average Bonchev–Trinajstić information content (AvgIpc) is 3.46. The summed E-state index contributed by atoms with van der Waals surface area (Å²) in [7, 11) is 0. The minimum atomic E-state index is -0.224. The van der Waals surface area contributed by atoms with Crippen molar-refractivity contribution in [1.82, 2.24) is 14.6 Å². The van der Waals surface area contributed by atoms with Crippen LogP contribution in [-0.4, -0.2) is 20.4 Å². The van der Waals surface area contributed by atoms with Gasteiger partial charge in [-0.25, -0.2) is 9.50 Å². The van der Waals surface area contributed by atoms with Gasteiger partial charge in [0.25, 0.3) is 0 Å². The average molecular weight is 450 g/mol. The number of carbonyl (C=O) groups is 1. The van der Waals surface area contributed by atoms with Crippen molar-refractivity contribution in [3.8, 4) is 22.5 Å². The van der Waals surface area contributed by atoms with E-state index in [2.05, 4.69) is 5.10 Å². The molecule has 3 aromatic heterocycles. The van der Waals surface area contributed by atoms with E-state index in [-0.39, 0.29) is 11.5 Å². The lowest BCUT2D eigenvalue weighted by Gasteiger charge is -2.04. The highest BCUT2D eigenvalue weighted by molar-refractivity contribution is 6.30. The summed E-state index contributed by atoms with van der Waals surface area (Å²) in [5.41, 5.74) is 4.95. The summed E-state index contributed by atoms with van der Waals surface area (Å²) in [6.45, 7) is 0. The number of furan rings is 1. The molecule has 0 N–H and O–H groups in total. The largest absolute Gasteiger partial charge is 0.452 e. The molecule has 0 saturated heterocycles. The van der Waals surface area contributed by atoms with Gasteiger partial charge in [0.05, 0.1) is 17.0 Å². The molecule has 0 amide bonds. The zero-order valence-electron chi connectivity index (χ0n) is 17.3. The van der Waals surface area contributed by atoms with Gasteiger partial charge in [0, 0.05) is 33.8 Å². The lowest BCUT2D eigenvalue weighted by atomic mass is 10.0. The topological polar surface area (TPSA) is 60.4 Å². The minimum absolute atomic E-state index is 0.224. The standard InChI is InChI=1S/C27H16ClN3O2/c28-19-12-10-18(11-13-19)26(32)27-25(20-8-4-5-9-23(20)33-27)21-14-15-31-24(29-21)16-22(30-31)17-6-2-1-3-7-17/h1-16H. The molecule has 6 heteroatoms. The lowest BCUT2D eigenvalue weighted by Crippen LogP contribution is -2.02. The fourth-order valence-corrected chi connectivity index (χ4v) is 4.09. The van der Waals surface area contributed by atoms with E-state index in [0.717, 1.165) is 16.6 Å². The molecule has 0 aliphatic carbocycles. The summed E-state index contributed by atoms with van der Waals surface area (Å²) < 4.78 is 7.77. The number of fused-ring (bicyclic) bond motifs is 2. The monoisotopic (exact) mass is 449 g/mol. The first kappa shape index (κ1) is 19.5. The van der Waals surface area contributed by atoms with Crippen molar-refractivity contribution < 1.29 is 9.21 Å². The van der Waals surface area contributed by atoms with Crippen LogP contribution in [0.15, 0.2) is 102 Å². The Morgan fingerprint density at radius 2 is 1.61 bits per heavy atom. The Morgan fingerprint density at radius 3 is 2.42 bits per heavy atom. The summed E-state index contributed by atoms with van der Waals surface area (Å²) in [4.78, 5) is 18.2. The fourth-order valence-electron chi connectivity index (χ4n) is 3.96. The summed E-state index contributed by atoms with van der Waals surface area (Å²) in [6.07, 6.45) is 1.85. The number of hydrogen-bond donors (Lipinski definition) is 0. The van der Waals surface area contributed by atoms with E-state index in [1.165, 1.54) is 0 Å². The molecule has 3 heterocycles. The van der Waals surface area contributed by atoms with Gasteiger partial charge in [-0.05, 0) is 36.4 Å². The molecule has 0 radical (unpaired) electrons. The molecule has 158 valence electrons. The van der Waals surface area contributed by atoms with Crippen LogP contribution in [0.3, 0.4) is 0 Å². The number of halogens is 1. The van der Waals surface area contributed by atoms with Crippen LogP contribution in [0.5, 0.6) is 0 Å². The molecule has 0 aliphatic heterocycles. The lowest BCUT2D eigenvalue weighted by molar-refractivity contribution is 0.101. The van der Waals surface area contributed by atoms with Crippen molar-refractivity contribution in [3.05, 3.63) is 114 Å². The summed E-state index contributed by atoms with van der Waals surface area (Å²) >= 11 is 6.00. The third kappa shape index (κ3) is 3.39. The molecule has 0 spiro atoms. The van der Waals surface area contributed by atoms with E-state index in [9.17, 15) is 4.79 Å². The summed E-state index contributed by atoms with van der Waals surface area (Å²) in [6, 6.07) is 28.1. The molecule has 6 rings (SSSR count). The van der Waals surface area contributed by atoms with Gasteiger partial charge in [0.1, 0.15) is 5.58 Å². The van der Waals surface area contributed by atoms with Gasteiger partial charge in [0.15, 0.2) is 11.4 Å². The summed E-state index contributed by atoms with van der Waals surface area (Å²) in [5.74, 6) is 0.0243. The number of aromatic nitrogens is 3. The second kappa shape index (κ2) is 7.73. The maximum Gasteiger partial charge on any atom is 0.228 e. The molecule has 5 nitrogen and oxygen atoms in total. The van der Waals surface area contributed by atoms with Crippen molar-refractivity contribution in [3.63, 3.8) is 0 Å². The molecule has 0 aliphatic rings. The Kier molecular flexibility index (Phi) is 4.56. The quantitative estimate of drug-likeness (QED) is 0.281. The van der Waals surface area contributed by atoms with Crippen molar-refractivity contribution in [2.45, 2.75) is 0 Å². The van der Waals surface area contributed by atoms with Crippen LogP contribution >= 0.6 is 11.6 Å². The summed E-state index contributed by atoms with van der Waals surface area (Å²) in [5, 5.41) is 6.03. The zero-order valence-corrected chi connectivity index (χ0v) is 18.0. The van der Waals surface area contributed by atoms with Crippen LogP contribution in [0.25, 0.3) is 39.1 Å². The minimum Gasteiger partial charge on any atom is -0.452 e. The number of benzene rings is 3. The highest BCUT2D eigenvalue weighted by Gasteiger charge is 2.24. The SMILES string of the molecule is O=C(c1ccc(Cl)cc1)c1oc2ccccc2c1-c1ccn2nc(-c3ccccc3)cc2n1. The fraction of sp³-hybridized carbons (Fsp3) is 0. The van der Waals surface area contributed by atoms with Gasteiger partial charge >= 0.3 is 0 Å². The number of para-hydroxylation sites is 1. The van der Waals surface area contributed by atoms with E-state index in [1.807, 2.05) is 72.9 Å². The first-order valence-corrected chi connectivity index (χ1v) is 10.8. The molecule has 0 unspecified atom stereocenters. The second-order valence-corrected chi connectivity index (χ2v) is 8.09. The zero-order chi connectivity index (χ0) is 22.4. The molecule has 0 atom stereocenters. The van der Waals surface area contributed by atoms with Gasteiger partial charge in [-0.1, -0.05) is 60.1 Å². The molecule has 0 bridgehead atoms. The van der Waals surface area contributed by atoms with E-state index < -0.39 is 0 Å². The Balaban J connectivity index is 1.52. The Morgan fingerprint density at radius 1 is 0.848 bits per heavy atom. The van der Waals surface area contributed by atoms with E-state index >= 15 is 0 Å². The van der Waals surface area contributed by atoms with Gasteiger partial charge in [-0.2, -0.15) is 5.10 Å². The molecule has 0 saturated carbocycles. The molecular weight excluding hydrogens is 434 g/mol. The van der Waals surface area contributed by atoms with Crippen molar-refractivity contribution in [1.29, 1.82) is 0 Å². The Bertz CT molecular complexity index is 1630. The highest BCUT2D eigenvalue weighted by Crippen LogP contribution is 2.35. The smallest absolute Gasteiger partial charge is 0.228 e. The van der Waals surface area contributed by atoms with Crippen LogP contribution < -0.4 is 0 Å². The van der Waals surface area contributed by atoms with Gasteiger partial charge in [-0.3, -0.25) is 4.79 Å². The normalized spacial score (nSPS) is 11.3. The van der Waals surface area contributed by atoms with Crippen molar-refractivity contribution in [2.24, 2.45) is 0 Å². The molecule has 0 fully saturated rings. The predicted octanol–water partition coefficient (Wildman–Crippen LogP) is 6.69. The number of carbonyl (C=O) groups excluding carboxylic acids is 1. The van der Waals surface area contributed by atoms with Crippen LogP contribution in [0.4, 0.5) is 0 Å². The van der Waals surface area contributed by atoms with Crippen LogP contribution in [0.2, 0.25) is 5.02 Å². The predicted molar refractivity (Wildman–Crippen MR) is 129 cm³/mol. The van der Waals surface area contributed by atoms with Crippen LogP contribution in [0, 0.1) is 0 Å². The first-order chi connectivity index (χ1) is 16.2. The van der Waals surface area contributed by atoms with Gasteiger partial charge in [-0.15, -0.1) is 0 Å². The third-order valence-corrected chi connectivity index (χ3v) is 5.81. The van der Waals surface area contributed by atoms with E-state index in [0.29, 0.717) is 33.1 Å². The highest BCUT2D eigenvalue weighted by atomic mass is 35.5. The molecule has 33 heavy (non-hydrogen) atoms. The number of hydrogen-bond acceptors (Lipinski definition) is 4. The molecule has 3 aromatic carbocycles. The Hall–Kier alpha value is -4.22. The molecular formula is C27H16ClN3O2. The molecule has 6 aromatic rings. The first-order valence-electron chi connectivity index (χ1n) is 10.4. The Labute approximate surface area is 193 Å². The number of ketones is 1. The van der Waals surface area contributed by atoms with Crippen molar-refractivity contribution >= 4 is 34.0 Å². The second-order valence-electron chi connectivity index (χ2n) is 7.65. The maximum atomic E-state index is 13.4.